The van der Waals surface area contributed by atoms with Crippen LogP contribution in [0.4, 0.5) is 8.78 Å². The van der Waals surface area contributed by atoms with E-state index in [9.17, 15) is 18.7 Å². The van der Waals surface area contributed by atoms with Crippen LogP contribution in [0.5, 0.6) is 5.75 Å². The highest BCUT2D eigenvalue weighted by Crippen LogP contribution is 2.25. The number of ether oxygens (including phenoxy) is 1. The number of carbonyl (C=O) groups excluding carboxylic acids is 1. The van der Waals surface area contributed by atoms with Gasteiger partial charge in [0, 0.05) is 13.1 Å². The van der Waals surface area contributed by atoms with Crippen molar-refractivity contribution in [2.24, 2.45) is 0 Å². The Morgan fingerprint density at radius 1 is 1.14 bits per heavy atom. The van der Waals surface area contributed by atoms with Gasteiger partial charge in [-0.25, -0.2) is 8.78 Å². The van der Waals surface area contributed by atoms with Gasteiger partial charge in [-0.1, -0.05) is 24.3 Å². The lowest BCUT2D eigenvalue weighted by molar-refractivity contribution is -0.122. The van der Waals surface area contributed by atoms with Gasteiger partial charge >= 0.3 is 0 Å². The van der Waals surface area contributed by atoms with Crippen molar-refractivity contribution in [1.82, 2.24) is 10.2 Å². The number of benzene rings is 2. The monoisotopic (exact) mass is 404 g/mol. The Morgan fingerprint density at radius 2 is 1.97 bits per heavy atom. The molecule has 1 aliphatic rings. The fourth-order valence-corrected chi connectivity index (χ4v) is 3.42. The van der Waals surface area contributed by atoms with Crippen LogP contribution in [0.25, 0.3) is 0 Å². The molecule has 1 saturated heterocycles. The number of nitrogens with zero attached hydrogens (tertiary/aromatic N) is 1. The van der Waals surface area contributed by atoms with Gasteiger partial charge in [-0.15, -0.1) is 0 Å². The molecule has 1 amide bonds. The maximum Gasteiger partial charge on any atom is 0.234 e. The predicted octanol–water partition coefficient (Wildman–Crippen LogP) is 2.88. The van der Waals surface area contributed by atoms with Gasteiger partial charge in [0.15, 0.2) is 11.6 Å². The largest absolute Gasteiger partial charge is 0.488 e. The number of likely N-dealkylation sites (tertiary alicyclic amines) is 1. The molecule has 7 heteroatoms. The van der Waals surface area contributed by atoms with Crippen molar-refractivity contribution < 1.29 is 23.4 Å². The van der Waals surface area contributed by atoms with Crippen LogP contribution >= 0.6 is 0 Å². The normalized spacial score (nSPS) is 20.1. The SMILES string of the molecule is O=C(CN1CCCC(O)(COc2ccccc2F)CC1)NCc1cccc(F)c1. The van der Waals surface area contributed by atoms with E-state index in [0.717, 1.165) is 0 Å². The molecule has 5 nitrogen and oxygen atoms in total. The van der Waals surface area contributed by atoms with Crippen LogP contribution in [0.2, 0.25) is 0 Å². The first-order chi connectivity index (χ1) is 13.9. The minimum absolute atomic E-state index is 0.00748. The number of hydrogen-bond acceptors (Lipinski definition) is 4. The summed E-state index contributed by atoms with van der Waals surface area (Å²) < 4.78 is 32.4. The van der Waals surface area contributed by atoms with Crippen molar-refractivity contribution in [3.05, 3.63) is 65.7 Å². The fourth-order valence-electron chi connectivity index (χ4n) is 3.42. The van der Waals surface area contributed by atoms with E-state index in [2.05, 4.69) is 5.32 Å². The Kier molecular flexibility index (Phi) is 7.17. The van der Waals surface area contributed by atoms with Crippen molar-refractivity contribution in [3.63, 3.8) is 0 Å². The van der Waals surface area contributed by atoms with Gasteiger partial charge < -0.3 is 15.2 Å². The molecule has 0 saturated carbocycles. The van der Waals surface area contributed by atoms with Gasteiger partial charge in [-0.2, -0.15) is 0 Å². The topological polar surface area (TPSA) is 61.8 Å². The lowest BCUT2D eigenvalue weighted by Gasteiger charge is -2.27. The van der Waals surface area contributed by atoms with Gasteiger partial charge in [0.25, 0.3) is 0 Å². The summed E-state index contributed by atoms with van der Waals surface area (Å²) in [6.07, 6.45) is 1.65. The standard InChI is InChI=1S/C22H26F2N2O3/c23-18-6-3-5-17(13-18)14-25-21(27)15-26-11-4-9-22(28,10-12-26)16-29-20-8-2-1-7-19(20)24/h1-3,5-8,13,28H,4,9-12,14-16H2,(H,25,27). The average molecular weight is 404 g/mol. The second-order valence-corrected chi connectivity index (χ2v) is 7.48. The Hall–Kier alpha value is -2.51. The first kappa shape index (κ1) is 21.2. The molecule has 1 fully saturated rings. The molecular weight excluding hydrogens is 378 g/mol. The minimum atomic E-state index is -1.06. The summed E-state index contributed by atoms with van der Waals surface area (Å²) in [5.74, 6) is -0.816. The van der Waals surface area contributed by atoms with E-state index in [-0.39, 0.29) is 37.2 Å². The molecule has 2 aromatic carbocycles. The summed E-state index contributed by atoms with van der Waals surface area (Å²) in [5.41, 5.74) is -0.358. The zero-order chi connectivity index (χ0) is 20.7. The van der Waals surface area contributed by atoms with Crippen LogP contribution in [0, 0.1) is 11.6 Å². The molecule has 156 valence electrons. The number of aliphatic hydroxyl groups is 1. The van der Waals surface area contributed by atoms with Gasteiger partial charge in [-0.05, 0) is 55.6 Å². The smallest absolute Gasteiger partial charge is 0.234 e. The van der Waals surface area contributed by atoms with Crippen LogP contribution in [0.3, 0.4) is 0 Å². The second-order valence-electron chi connectivity index (χ2n) is 7.48. The summed E-state index contributed by atoms with van der Waals surface area (Å²) in [7, 11) is 0. The number of rotatable bonds is 7. The van der Waals surface area contributed by atoms with Crippen LogP contribution < -0.4 is 10.1 Å². The summed E-state index contributed by atoms with van der Waals surface area (Å²) in [6.45, 7) is 1.69. The molecule has 2 aromatic rings. The van der Waals surface area contributed by atoms with Crippen molar-refractivity contribution in [2.45, 2.75) is 31.4 Å². The zero-order valence-corrected chi connectivity index (χ0v) is 16.2. The van der Waals surface area contributed by atoms with Crippen molar-refractivity contribution in [3.8, 4) is 5.75 Å². The van der Waals surface area contributed by atoms with Gasteiger partial charge in [-0.3, -0.25) is 9.69 Å². The minimum Gasteiger partial charge on any atom is -0.488 e. The van der Waals surface area contributed by atoms with E-state index in [0.29, 0.717) is 37.9 Å². The van der Waals surface area contributed by atoms with Crippen LogP contribution in [0.1, 0.15) is 24.8 Å². The van der Waals surface area contributed by atoms with Gasteiger partial charge in [0.2, 0.25) is 5.91 Å². The number of para-hydroxylation sites is 1. The molecule has 1 unspecified atom stereocenters. The van der Waals surface area contributed by atoms with Crippen molar-refractivity contribution in [2.75, 3.05) is 26.2 Å². The number of nitrogens with one attached hydrogen (secondary N) is 1. The summed E-state index contributed by atoms with van der Waals surface area (Å²) >= 11 is 0. The molecule has 29 heavy (non-hydrogen) atoms. The first-order valence-corrected chi connectivity index (χ1v) is 9.77. The van der Waals surface area contributed by atoms with Crippen molar-refractivity contribution in [1.29, 1.82) is 0 Å². The first-order valence-electron chi connectivity index (χ1n) is 9.77. The van der Waals surface area contributed by atoms with Crippen LogP contribution in [-0.4, -0.2) is 47.8 Å². The van der Waals surface area contributed by atoms with Crippen molar-refractivity contribution >= 4 is 5.91 Å². The number of halogens is 2. The maximum absolute atomic E-state index is 13.7. The molecular formula is C22H26F2N2O3. The quantitative estimate of drug-likeness (QED) is 0.745. The molecule has 0 spiro atoms. The molecule has 0 radical (unpaired) electrons. The average Bonchev–Trinajstić information content (AvgIpc) is 2.88. The predicted molar refractivity (Wildman–Crippen MR) is 105 cm³/mol. The molecule has 1 atom stereocenters. The number of carbonyl (C=O) groups is 1. The third kappa shape index (κ3) is 6.51. The van der Waals surface area contributed by atoms with Gasteiger partial charge in [0.1, 0.15) is 12.4 Å². The molecule has 3 rings (SSSR count). The third-order valence-corrected chi connectivity index (χ3v) is 5.09. The van der Waals surface area contributed by atoms with Crippen LogP contribution in [0.15, 0.2) is 48.5 Å². The van der Waals surface area contributed by atoms with Crippen LogP contribution in [-0.2, 0) is 11.3 Å². The number of amides is 1. The van der Waals surface area contributed by atoms with E-state index < -0.39 is 11.4 Å². The summed E-state index contributed by atoms with van der Waals surface area (Å²) in [4.78, 5) is 14.2. The second kappa shape index (κ2) is 9.80. The third-order valence-electron chi connectivity index (χ3n) is 5.09. The molecule has 0 aromatic heterocycles. The fraction of sp³-hybridized carbons (Fsp3) is 0.409. The molecule has 1 aliphatic heterocycles. The highest BCUT2D eigenvalue weighted by atomic mass is 19.1. The summed E-state index contributed by atoms with van der Waals surface area (Å²) in [5, 5.41) is 13.6. The van der Waals surface area contributed by atoms with E-state index in [1.165, 1.54) is 24.3 Å². The Morgan fingerprint density at radius 3 is 2.76 bits per heavy atom. The van der Waals surface area contributed by atoms with E-state index in [1.54, 1.807) is 24.3 Å². The maximum atomic E-state index is 13.7. The lowest BCUT2D eigenvalue weighted by atomic mass is 9.96. The molecule has 2 N–H and O–H groups in total. The number of hydrogen-bond donors (Lipinski definition) is 2. The Bertz CT molecular complexity index is 833. The molecule has 0 bridgehead atoms. The Labute approximate surface area is 169 Å². The van der Waals surface area contributed by atoms with E-state index in [4.69, 9.17) is 4.74 Å². The van der Waals surface area contributed by atoms with Gasteiger partial charge in [0.05, 0.1) is 12.1 Å². The van der Waals surface area contributed by atoms with E-state index in [1.807, 2.05) is 4.90 Å². The highest BCUT2D eigenvalue weighted by Gasteiger charge is 2.31. The molecule has 1 heterocycles. The van der Waals surface area contributed by atoms with E-state index >= 15 is 0 Å². The summed E-state index contributed by atoms with van der Waals surface area (Å²) in [6, 6.07) is 12.2. The zero-order valence-electron chi connectivity index (χ0n) is 16.2. The lowest BCUT2D eigenvalue weighted by Crippen LogP contribution is -2.40. The Balaban J connectivity index is 1.45. The molecule has 0 aliphatic carbocycles. The highest BCUT2D eigenvalue weighted by molar-refractivity contribution is 5.78.